The van der Waals surface area contributed by atoms with E-state index in [2.05, 4.69) is 5.32 Å². The van der Waals surface area contributed by atoms with Gasteiger partial charge in [0.15, 0.2) is 0 Å². The standard InChI is InChI=1S/C18H18Cl2N2O5S/c1-11(18(20)24)22(16-10-13(19)4-9-17(16)27-3)28(25,26)15-7-5-14(6-8-15)21-12(2)23/h4-11H,1-3H3,(H,21,23). The predicted molar refractivity (Wildman–Crippen MR) is 109 cm³/mol. The summed E-state index contributed by atoms with van der Waals surface area (Å²) < 4.78 is 32.7. The first-order valence-corrected chi connectivity index (χ1v) is 10.2. The number of carbonyl (C=O) groups excluding carboxylic acids is 2. The van der Waals surface area contributed by atoms with Gasteiger partial charge in [-0.2, -0.15) is 0 Å². The Labute approximate surface area is 173 Å². The molecule has 1 unspecified atom stereocenters. The van der Waals surface area contributed by atoms with Crippen LogP contribution in [0.4, 0.5) is 11.4 Å². The van der Waals surface area contributed by atoms with E-state index in [0.29, 0.717) is 5.69 Å². The topological polar surface area (TPSA) is 92.8 Å². The molecule has 0 aliphatic carbocycles. The molecule has 2 aromatic rings. The Morgan fingerprint density at radius 1 is 1.14 bits per heavy atom. The molecule has 2 rings (SSSR count). The van der Waals surface area contributed by atoms with Crippen molar-refractivity contribution in [2.75, 3.05) is 16.7 Å². The Hall–Kier alpha value is -2.29. The first-order chi connectivity index (χ1) is 13.1. The van der Waals surface area contributed by atoms with Gasteiger partial charge in [-0.3, -0.25) is 13.9 Å². The Balaban J connectivity index is 2.62. The molecule has 0 aromatic heterocycles. The molecule has 0 saturated carbocycles. The zero-order valence-corrected chi connectivity index (χ0v) is 17.6. The quantitative estimate of drug-likeness (QED) is 0.657. The van der Waals surface area contributed by atoms with Crippen LogP contribution in [0.5, 0.6) is 5.75 Å². The molecular weight excluding hydrogens is 427 g/mol. The summed E-state index contributed by atoms with van der Waals surface area (Å²) in [6, 6.07) is 8.68. The number of hydrogen-bond acceptors (Lipinski definition) is 5. The molecule has 7 nitrogen and oxygen atoms in total. The molecule has 28 heavy (non-hydrogen) atoms. The summed E-state index contributed by atoms with van der Waals surface area (Å²) >= 11 is 11.7. The van der Waals surface area contributed by atoms with Crippen molar-refractivity contribution >= 4 is 55.7 Å². The van der Waals surface area contributed by atoms with Gasteiger partial charge in [-0.1, -0.05) is 11.6 Å². The average Bonchev–Trinajstić information content (AvgIpc) is 2.61. The zero-order valence-electron chi connectivity index (χ0n) is 15.3. The van der Waals surface area contributed by atoms with Crippen molar-refractivity contribution in [2.45, 2.75) is 24.8 Å². The third-order valence-electron chi connectivity index (χ3n) is 3.79. The molecule has 0 bridgehead atoms. The number of nitrogens with one attached hydrogen (secondary N) is 1. The lowest BCUT2D eigenvalue weighted by Crippen LogP contribution is -2.42. The van der Waals surface area contributed by atoms with E-state index in [1.165, 1.54) is 63.4 Å². The van der Waals surface area contributed by atoms with Crippen molar-refractivity contribution in [2.24, 2.45) is 0 Å². The lowest BCUT2D eigenvalue weighted by molar-refractivity contribution is -0.114. The van der Waals surface area contributed by atoms with E-state index in [9.17, 15) is 18.0 Å². The second-order valence-corrected chi connectivity index (χ2v) is 8.43. The molecule has 1 N–H and O–H groups in total. The van der Waals surface area contributed by atoms with Crippen molar-refractivity contribution in [1.29, 1.82) is 0 Å². The van der Waals surface area contributed by atoms with Crippen molar-refractivity contribution in [3.63, 3.8) is 0 Å². The Kier molecular flexibility index (Phi) is 6.92. The minimum Gasteiger partial charge on any atom is -0.495 e. The molecule has 0 aliphatic heterocycles. The highest BCUT2D eigenvalue weighted by Gasteiger charge is 2.34. The predicted octanol–water partition coefficient (Wildman–Crippen LogP) is 3.66. The number of nitrogens with zero attached hydrogens (tertiary/aromatic N) is 1. The summed E-state index contributed by atoms with van der Waals surface area (Å²) in [7, 11) is -2.85. The first-order valence-electron chi connectivity index (χ1n) is 8.03. The molecule has 0 fully saturated rings. The number of rotatable bonds is 7. The third-order valence-corrected chi connectivity index (χ3v) is 6.24. The lowest BCUT2D eigenvalue weighted by atomic mass is 10.2. The first kappa shape index (κ1) is 22.0. The Bertz CT molecular complexity index is 994. The minimum absolute atomic E-state index is 0.0717. The number of anilines is 2. The Morgan fingerprint density at radius 2 is 1.75 bits per heavy atom. The summed E-state index contributed by atoms with van der Waals surface area (Å²) in [6.07, 6.45) is 0. The summed E-state index contributed by atoms with van der Waals surface area (Å²) in [5.41, 5.74) is 0.502. The van der Waals surface area contributed by atoms with Crippen LogP contribution in [-0.2, 0) is 19.6 Å². The summed E-state index contributed by atoms with van der Waals surface area (Å²) in [6.45, 7) is 2.70. The van der Waals surface area contributed by atoms with Gasteiger partial charge in [0.25, 0.3) is 10.0 Å². The van der Waals surface area contributed by atoms with Gasteiger partial charge < -0.3 is 10.1 Å². The van der Waals surface area contributed by atoms with Gasteiger partial charge in [0.2, 0.25) is 11.1 Å². The summed E-state index contributed by atoms with van der Waals surface area (Å²) in [4.78, 5) is 22.9. The van der Waals surface area contributed by atoms with E-state index in [1.807, 2.05) is 0 Å². The number of sulfonamides is 1. The van der Waals surface area contributed by atoms with E-state index >= 15 is 0 Å². The smallest absolute Gasteiger partial charge is 0.265 e. The van der Waals surface area contributed by atoms with Crippen LogP contribution in [0.25, 0.3) is 0 Å². The molecule has 0 radical (unpaired) electrons. The van der Waals surface area contributed by atoms with Gasteiger partial charge in [-0.05, 0) is 61.0 Å². The van der Waals surface area contributed by atoms with E-state index in [4.69, 9.17) is 27.9 Å². The minimum atomic E-state index is -4.22. The van der Waals surface area contributed by atoms with Crippen molar-refractivity contribution < 1.29 is 22.7 Å². The number of amides is 1. The van der Waals surface area contributed by atoms with Crippen LogP contribution in [0.15, 0.2) is 47.4 Å². The van der Waals surface area contributed by atoms with Crippen LogP contribution in [0.3, 0.4) is 0 Å². The monoisotopic (exact) mass is 444 g/mol. The highest BCUT2D eigenvalue weighted by atomic mass is 35.5. The van der Waals surface area contributed by atoms with E-state index in [-0.39, 0.29) is 27.3 Å². The SMILES string of the molecule is COc1ccc(Cl)cc1N(C(C)C(=O)Cl)S(=O)(=O)c1ccc(NC(C)=O)cc1. The van der Waals surface area contributed by atoms with Crippen LogP contribution >= 0.6 is 23.2 Å². The molecule has 1 atom stereocenters. The number of carbonyl (C=O) groups is 2. The summed E-state index contributed by atoms with van der Waals surface area (Å²) in [5.74, 6) is -0.0881. The molecule has 0 heterocycles. The number of halogens is 2. The van der Waals surface area contributed by atoms with E-state index in [0.717, 1.165) is 4.31 Å². The lowest BCUT2D eigenvalue weighted by Gasteiger charge is -2.29. The maximum Gasteiger partial charge on any atom is 0.265 e. The van der Waals surface area contributed by atoms with Crippen LogP contribution in [0, 0.1) is 0 Å². The molecule has 10 heteroatoms. The van der Waals surface area contributed by atoms with Crippen LogP contribution in [0.2, 0.25) is 5.02 Å². The third kappa shape index (κ3) is 4.76. The second-order valence-electron chi connectivity index (χ2n) is 5.80. The highest BCUT2D eigenvalue weighted by Crippen LogP contribution is 2.36. The molecule has 0 aliphatic rings. The maximum absolute atomic E-state index is 13.3. The van der Waals surface area contributed by atoms with Crippen LogP contribution < -0.4 is 14.4 Å². The number of ether oxygens (including phenoxy) is 1. The van der Waals surface area contributed by atoms with E-state index < -0.39 is 21.3 Å². The summed E-state index contributed by atoms with van der Waals surface area (Å²) in [5, 5.41) is 1.93. The fraction of sp³-hybridized carbons (Fsp3) is 0.222. The highest BCUT2D eigenvalue weighted by molar-refractivity contribution is 7.93. The van der Waals surface area contributed by atoms with Crippen LogP contribution in [0.1, 0.15) is 13.8 Å². The molecule has 1 amide bonds. The molecular formula is C18H18Cl2N2O5S. The maximum atomic E-state index is 13.3. The molecule has 0 spiro atoms. The van der Waals surface area contributed by atoms with Gasteiger partial charge in [0, 0.05) is 17.6 Å². The van der Waals surface area contributed by atoms with Crippen molar-refractivity contribution in [3.8, 4) is 5.75 Å². The van der Waals surface area contributed by atoms with Gasteiger partial charge in [-0.25, -0.2) is 8.42 Å². The number of hydrogen-bond donors (Lipinski definition) is 1. The normalized spacial score (nSPS) is 12.2. The van der Waals surface area contributed by atoms with Gasteiger partial charge in [0.05, 0.1) is 17.7 Å². The fourth-order valence-corrected chi connectivity index (χ4v) is 4.44. The van der Waals surface area contributed by atoms with Crippen LogP contribution in [-0.4, -0.2) is 32.7 Å². The largest absolute Gasteiger partial charge is 0.495 e. The molecule has 150 valence electrons. The molecule has 2 aromatic carbocycles. The number of benzene rings is 2. The zero-order chi connectivity index (χ0) is 21.1. The fourth-order valence-electron chi connectivity index (χ4n) is 2.50. The van der Waals surface area contributed by atoms with Crippen molar-refractivity contribution in [1.82, 2.24) is 0 Å². The second kappa shape index (κ2) is 8.81. The van der Waals surface area contributed by atoms with E-state index in [1.54, 1.807) is 0 Å². The van der Waals surface area contributed by atoms with Gasteiger partial charge >= 0.3 is 0 Å². The van der Waals surface area contributed by atoms with Gasteiger partial charge in [0.1, 0.15) is 11.8 Å². The number of methoxy groups -OCH3 is 1. The van der Waals surface area contributed by atoms with Gasteiger partial charge in [-0.15, -0.1) is 0 Å². The Morgan fingerprint density at radius 3 is 2.25 bits per heavy atom. The average molecular weight is 445 g/mol. The van der Waals surface area contributed by atoms with Crippen molar-refractivity contribution in [3.05, 3.63) is 47.5 Å². The molecule has 0 saturated heterocycles.